The van der Waals surface area contributed by atoms with Crippen molar-refractivity contribution in [3.05, 3.63) is 66.1 Å². The number of amides is 1. The third-order valence-electron chi connectivity index (χ3n) is 3.80. The van der Waals surface area contributed by atoms with E-state index in [0.29, 0.717) is 18.5 Å². The zero-order valence-electron chi connectivity index (χ0n) is 13.4. The van der Waals surface area contributed by atoms with Gasteiger partial charge in [0.05, 0.1) is 17.3 Å². The molecule has 0 saturated carbocycles. The molecule has 0 aliphatic carbocycles. The topological polar surface area (TPSA) is 102 Å². The van der Waals surface area contributed by atoms with Gasteiger partial charge < -0.3 is 15.4 Å². The molecule has 0 aliphatic heterocycles. The first kappa shape index (κ1) is 16.3. The standard InChI is InChI=1S/C19H16N4O2/c20-11-13-1-3-14(4-2-13)15-5-7-16(8-6-15)17-12-22-18(23-17)9-10-21-19(24)25/h1-8,12,21H,9-10H2,(H,22,23)(H,24,25). The van der Waals surface area contributed by atoms with Crippen molar-refractivity contribution in [3.8, 4) is 28.5 Å². The summed E-state index contributed by atoms with van der Waals surface area (Å²) in [7, 11) is 0. The van der Waals surface area contributed by atoms with Gasteiger partial charge in [-0.15, -0.1) is 0 Å². The number of aromatic nitrogens is 2. The average molecular weight is 332 g/mol. The fourth-order valence-electron chi connectivity index (χ4n) is 2.50. The van der Waals surface area contributed by atoms with Gasteiger partial charge in [-0.2, -0.15) is 5.26 Å². The lowest BCUT2D eigenvalue weighted by Gasteiger charge is -2.03. The predicted octanol–water partition coefficient (Wildman–Crippen LogP) is 3.43. The highest BCUT2D eigenvalue weighted by atomic mass is 16.4. The SMILES string of the molecule is N#Cc1ccc(-c2ccc(-c3c[nH]c(CCNC(=O)O)n3)cc2)cc1. The van der Waals surface area contributed by atoms with Crippen LogP contribution in [0.25, 0.3) is 22.4 Å². The minimum absolute atomic E-state index is 0.319. The zero-order valence-corrected chi connectivity index (χ0v) is 13.4. The summed E-state index contributed by atoms with van der Waals surface area (Å²) in [4.78, 5) is 18.0. The number of H-pyrrole nitrogens is 1. The fourth-order valence-corrected chi connectivity index (χ4v) is 2.50. The van der Waals surface area contributed by atoms with Gasteiger partial charge in [-0.1, -0.05) is 36.4 Å². The van der Waals surface area contributed by atoms with E-state index < -0.39 is 6.09 Å². The van der Waals surface area contributed by atoms with E-state index >= 15 is 0 Å². The van der Waals surface area contributed by atoms with E-state index in [1.807, 2.05) is 42.6 Å². The minimum Gasteiger partial charge on any atom is -0.465 e. The molecule has 3 aromatic rings. The van der Waals surface area contributed by atoms with Crippen LogP contribution in [0.15, 0.2) is 54.7 Å². The lowest BCUT2D eigenvalue weighted by Crippen LogP contribution is -2.23. The van der Waals surface area contributed by atoms with Gasteiger partial charge >= 0.3 is 6.09 Å². The van der Waals surface area contributed by atoms with Crippen LogP contribution in [0.4, 0.5) is 4.79 Å². The smallest absolute Gasteiger partial charge is 0.404 e. The van der Waals surface area contributed by atoms with Crippen LogP contribution in [0.3, 0.4) is 0 Å². The molecule has 2 aromatic carbocycles. The second-order valence-corrected chi connectivity index (χ2v) is 5.48. The molecule has 0 radical (unpaired) electrons. The summed E-state index contributed by atoms with van der Waals surface area (Å²) in [6.07, 6.45) is 1.28. The van der Waals surface area contributed by atoms with Crippen LogP contribution in [0, 0.1) is 11.3 Å². The molecule has 0 aliphatic rings. The third kappa shape index (κ3) is 4.03. The van der Waals surface area contributed by atoms with Crippen LogP contribution in [-0.4, -0.2) is 27.7 Å². The van der Waals surface area contributed by atoms with Crippen LogP contribution in [0.2, 0.25) is 0 Å². The Balaban J connectivity index is 1.70. The largest absolute Gasteiger partial charge is 0.465 e. The second-order valence-electron chi connectivity index (χ2n) is 5.48. The summed E-state index contributed by atoms with van der Waals surface area (Å²) in [5, 5.41) is 19.7. The van der Waals surface area contributed by atoms with Crippen LogP contribution < -0.4 is 5.32 Å². The molecule has 3 N–H and O–H groups in total. The van der Waals surface area contributed by atoms with Crippen molar-refractivity contribution in [2.24, 2.45) is 0 Å². The Hall–Kier alpha value is -3.59. The number of aromatic amines is 1. The first-order valence-electron chi connectivity index (χ1n) is 7.78. The van der Waals surface area contributed by atoms with Gasteiger partial charge in [0.2, 0.25) is 0 Å². The Morgan fingerprint density at radius 3 is 2.28 bits per heavy atom. The van der Waals surface area contributed by atoms with Gasteiger partial charge in [0, 0.05) is 24.7 Å². The van der Waals surface area contributed by atoms with Crippen LogP contribution in [0.5, 0.6) is 0 Å². The maximum absolute atomic E-state index is 10.4. The Bertz CT molecular complexity index is 906. The Morgan fingerprint density at radius 1 is 1.08 bits per heavy atom. The molecule has 0 bridgehead atoms. The van der Waals surface area contributed by atoms with E-state index in [1.165, 1.54) is 0 Å². The van der Waals surface area contributed by atoms with Crippen molar-refractivity contribution in [2.75, 3.05) is 6.54 Å². The predicted molar refractivity (Wildman–Crippen MR) is 93.9 cm³/mol. The van der Waals surface area contributed by atoms with Crippen molar-refractivity contribution in [2.45, 2.75) is 6.42 Å². The quantitative estimate of drug-likeness (QED) is 0.666. The maximum Gasteiger partial charge on any atom is 0.404 e. The van der Waals surface area contributed by atoms with E-state index in [-0.39, 0.29) is 0 Å². The van der Waals surface area contributed by atoms with Crippen molar-refractivity contribution >= 4 is 6.09 Å². The molecule has 0 fully saturated rings. The molecule has 6 nitrogen and oxygen atoms in total. The Morgan fingerprint density at radius 2 is 1.68 bits per heavy atom. The van der Waals surface area contributed by atoms with E-state index in [9.17, 15) is 4.79 Å². The summed E-state index contributed by atoms with van der Waals surface area (Å²) in [6, 6.07) is 17.6. The molecule has 124 valence electrons. The van der Waals surface area contributed by atoms with Gasteiger partial charge in [0.1, 0.15) is 5.82 Å². The van der Waals surface area contributed by atoms with Crippen LogP contribution in [0.1, 0.15) is 11.4 Å². The lowest BCUT2D eigenvalue weighted by molar-refractivity contribution is 0.194. The maximum atomic E-state index is 10.4. The highest BCUT2D eigenvalue weighted by molar-refractivity contribution is 5.69. The van der Waals surface area contributed by atoms with Gasteiger partial charge in [0.15, 0.2) is 0 Å². The molecular formula is C19H16N4O2. The molecule has 0 unspecified atom stereocenters. The number of nitrogens with zero attached hydrogens (tertiary/aromatic N) is 2. The molecule has 1 amide bonds. The first-order chi connectivity index (χ1) is 12.2. The number of hydrogen-bond donors (Lipinski definition) is 3. The van der Waals surface area contributed by atoms with E-state index in [2.05, 4.69) is 21.4 Å². The molecule has 1 heterocycles. The van der Waals surface area contributed by atoms with Crippen LogP contribution in [-0.2, 0) is 6.42 Å². The van der Waals surface area contributed by atoms with Gasteiger partial charge in [-0.3, -0.25) is 0 Å². The second kappa shape index (κ2) is 7.32. The van der Waals surface area contributed by atoms with Crippen molar-refractivity contribution in [1.29, 1.82) is 5.26 Å². The van der Waals surface area contributed by atoms with E-state index in [1.54, 1.807) is 12.1 Å². The molecule has 25 heavy (non-hydrogen) atoms. The fraction of sp³-hybridized carbons (Fsp3) is 0.105. The number of nitriles is 1. The number of carbonyl (C=O) groups is 1. The van der Waals surface area contributed by atoms with Crippen LogP contribution >= 0.6 is 0 Å². The molecule has 0 spiro atoms. The molecule has 6 heteroatoms. The first-order valence-corrected chi connectivity index (χ1v) is 7.78. The number of nitrogens with one attached hydrogen (secondary N) is 2. The number of benzene rings is 2. The number of imidazole rings is 1. The summed E-state index contributed by atoms with van der Waals surface area (Å²) in [5.74, 6) is 0.736. The van der Waals surface area contributed by atoms with Gasteiger partial charge in [-0.25, -0.2) is 9.78 Å². The molecule has 0 saturated heterocycles. The van der Waals surface area contributed by atoms with E-state index in [4.69, 9.17) is 10.4 Å². The third-order valence-corrected chi connectivity index (χ3v) is 3.80. The molecule has 3 rings (SSSR count). The zero-order chi connectivity index (χ0) is 17.6. The van der Waals surface area contributed by atoms with Crippen molar-refractivity contribution in [1.82, 2.24) is 15.3 Å². The summed E-state index contributed by atoms with van der Waals surface area (Å²) < 4.78 is 0. The number of carboxylic acid groups (broad SMARTS) is 1. The lowest BCUT2D eigenvalue weighted by atomic mass is 10.0. The van der Waals surface area contributed by atoms with E-state index in [0.717, 1.165) is 28.2 Å². The van der Waals surface area contributed by atoms with Crippen molar-refractivity contribution < 1.29 is 9.90 Å². The Labute approximate surface area is 144 Å². The highest BCUT2D eigenvalue weighted by Crippen LogP contribution is 2.24. The average Bonchev–Trinajstić information content (AvgIpc) is 3.10. The molecule has 1 aromatic heterocycles. The summed E-state index contributed by atoms with van der Waals surface area (Å²) in [5.41, 5.74) is 4.55. The number of rotatable bonds is 5. The summed E-state index contributed by atoms with van der Waals surface area (Å²) in [6.45, 7) is 0.319. The highest BCUT2D eigenvalue weighted by Gasteiger charge is 2.05. The van der Waals surface area contributed by atoms with Crippen molar-refractivity contribution in [3.63, 3.8) is 0 Å². The summed E-state index contributed by atoms with van der Waals surface area (Å²) >= 11 is 0. The Kier molecular flexibility index (Phi) is 4.77. The molecular weight excluding hydrogens is 316 g/mol. The molecule has 0 atom stereocenters. The normalized spacial score (nSPS) is 10.2. The monoisotopic (exact) mass is 332 g/mol. The van der Waals surface area contributed by atoms with Gasteiger partial charge in [-0.05, 0) is 23.3 Å². The minimum atomic E-state index is -1.04. The number of hydrogen-bond acceptors (Lipinski definition) is 3. The van der Waals surface area contributed by atoms with Gasteiger partial charge in [0.25, 0.3) is 0 Å².